The van der Waals surface area contributed by atoms with Crippen LogP contribution in [0.1, 0.15) is 32.3 Å². The average molecular weight is 364 g/mol. The van der Waals surface area contributed by atoms with Crippen molar-refractivity contribution >= 4 is 11.8 Å². The van der Waals surface area contributed by atoms with E-state index in [1.165, 1.54) is 0 Å². The molecular weight excluding hydrogens is 336 g/mol. The summed E-state index contributed by atoms with van der Waals surface area (Å²) in [4.78, 5) is 26.2. The zero-order chi connectivity index (χ0) is 19.3. The topological polar surface area (TPSA) is 77.1 Å². The number of nitrogens with one attached hydrogen (secondary N) is 1. The molecule has 0 radical (unpaired) electrons. The van der Waals surface area contributed by atoms with Crippen molar-refractivity contribution in [2.24, 2.45) is 5.92 Å². The van der Waals surface area contributed by atoms with Gasteiger partial charge in [-0.1, -0.05) is 0 Å². The van der Waals surface area contributed by atoms with E-state index in [9.17, 15) is 9.59 Å². The molecule has 1 unspecified atom stereocenters. The van der Waals surface area contributed by atoms with Gasteiger partial charge in [-0.2, -0.15) is 0 Å². The number of amides is 2. The number of ether oxygens (including phenoxy) is 3. The minimum Gasteiger partial charge on any atom is -0.496 e. The first-order valence-electron chi connectivity index (χ1n) is 8.77. The van der Waals surface area contributed by atoms with Crippen molar-refractivity contribution in [3.05, 3.63) is 17.7 Å². The van der Waals surface area contributed by atoms with Crippen LogP contribution in [-0.2, 0) is 16.1 Å². The van der Waals surface area contributed by atoms with E-state index >= 15 is 0 Å². The van der Waals surface area contributed by atoms with Crippen LogP contribution in [-0.4, -0.2) is 50.6 Å². The lowest BCUT2D eigenvalue weighted by molar-refractivity contribution is -0.139. The van der Waals surface area contributed by atoms with Gasteiger partial charge in [0, 0.05) is 37.2 Å². The molecule has 7 heteroatoms. The van der Waals surface area contributed by atoms with E-state index in [1.807, 2.05) is 24.8 Å². The van der Waals surface area contributed by atoms with Crippen LogP contribution in [0.3, 0.4) is 0 Å². The zero-order valence-electron chi connectivity index (χ0n) is 16.1. The van der Waals surface area contributed by atoms with Crippen LogP contribution in [0, 0.1) is 5.92 Å². The first-order chi connectivity index (χ1) is 12.4. The van der Waals surface area contributed by atoms with Gasteiger partial charge >= 0.3 is 0 Å². The summed E-state index contributed by atoms with van der Waals surface area (Å²) < 4.78 is 16.2. The highest BCUT2D eigenvalue weighted by atomic mass is 16.5. The molecular formula is C19H28N2O5. The monoisotopic (exact) mass is 364 g/mol. The van der Waals surface area contributed by atoms with Gasteiger partial charge in [0.15, 0.2) is 11.5 Å². The van der Waals surface area contributed by atoms with Gasteiger partial charge in [0.1, 0.15) is 5.75 Å². The van der Waals surface area contributed by atoms with Crippen molar-refractivity contribution in [3.8, 4) is 17.2 Å². The van der Waals surface area contributed by atoms with Crippen molar-refractivity contribution in [3.63, 3.8) is 0 Å². The molecule has 1 heterocycles. The molecule has 2 amide bonds. The van der Waals surface area contributed by atoms with E-state index in [-0.39, 0.29) is 23.8 Å². The van der Waals surface area contributed by atoms with E-state index in [0.29, 0.717) is 43.2 Å². The predicted molar refractivity (Wildman–Crippen MR) is 97.5 cm³/mol. The highest BCUT2D eigenvalue weighted by Gasteiger charge is 2.30. The number of benzene rings is 1. The lowest BCUT2D eigenvalue weighted by Crippen LogP contribution is -2.46. The summed E-state index contributed by atoms with van der Waals surface area (Å²) in [5.41, 5.74) is 0.840. The predicted octanol–water partition coefficient (Wildman–Crippen LogP) is 1.98. The number of nitrogens with zero attached hydrogens (tertiary/aromatic N) is 1. The number of rotatable bonds is 7. The Morgan fingerprint density at radius 2 is 1.77 bits per heavy atom. The first-order valence-corrected chi connectivity index (χ1v) is 8.77. The molecule has 1 aliphatic heterocycles. The van der Waals surface area contributed by atoms with Crippen LogP contribution >= 0.6 is 0 Å². The first kappa shape index (κ1) is 19.9. The molecule has 1 atom stereocenters. The molecule has 1 aromatic rings. The Labute approximate surface area is 154 Å². The third-order valence-electron chi connectivity index (χ3n) is 4.65. The van der Waals surface area contributed by atoms with Gasteiger partial charge in [-0.25, -0.2) is 0 Å². The van der Waals surface area contributed by atoms with Gasteiger partial charge in [-0.15, -0.1) is 0 Å². The van der Waals surface area contributed by atoms with Crippen molar-refractivity contribution in [1.29, 1.82) is 0 Å². The third kappa shape index (κ3) is 4.39. The molecule has 0 spiro atoms. The molecule has 1 saturated heterocycles. The molecule has 26 heavy (non-hydrogen) atoms. The SMILES string of the molecule is COc1cc(OC)c(OC)cc1CN(C(=O)C1CCC(=O)NC1)C(C)C. The van der Waals surface area contributed by atoms with E-state index in [1.54, 1.807) is 27.4 Å². The summed E-state index contributed by atoms with van der Waals surface area (Å²) >= 11 is 0. The van der Waals surface area contributed by atoms with E-state index in [0.717, 1.165) is 5.56 Å². The van der Waals surface area contributed by atoms with E-state index < -0.39 is 0 Å². The summed E-state index contributed by atoms with van der Waals surface area (Å²) in [6, 6.07) is 3.61. The largest absolute Gasteiger partial charge is 0.496 e. The van der Waals surface area contributed by atoms with Crippen molar-refractivity contribution < 1.29 is 23.8 Å². The molecule has 2 rings (SSSR count). The fraction of sp³-hybridized carbons (Fsp3) is 0.579. The molecule has 0 bridgehead atoms. The highest BCUT2D eigenvalue weighted by molar-refractivity contribution is 5.84. The number of methoxy groups -OCH3 is 3. The Hall–Kier alpha value is -2.44. The van der Waals surface area contributed by atoms with Crippen LogP contribution in [0.15, 0.2) is 12.1 Å². The molecule has 1 aliphatic rings. The Morgan fingerprint density at radius 3 is 2.27 bits per heavy atom. The summed E-state index contributed by atoms with van der Waals surface area (Å²) in [5, 5.41) is 2.78. The quantitative estimate of drug-likeness (QED) is 0.800. The highest BCUT2D eigenvalue weighted by Crippen LogP contribution is 2.35. The summed E-state index contributed by atoms with van der Waals surface area (Å²) in [5.74, 6) is 1.65. The van der Waals surface area contributed by atoms with E-state index in [2.05, 4.69) is 5.32 Å². The molecule has 1 aromatic carbocycles. The van der Waals surface area contributed by atoms with Crippen molar-refractivity contribution in [2.75, 3.05) is 27.9 Å². The van der Waals surface area contributed by atoms with Crippen LogP contribution in [0.2, 0.25) is 0 Å². The molecule has 7 nitrogen and oxygen atoms in total. The lowest BCUT2D eigenvalue weighted by Gasteiger charge is -2.33. The Morgan fingerprint density at radius 1 is 1.15 bits per heavy atom. The minimum atomic E-state index is -0.193. The van der Waals surface area contributed by atoms with Crippen molar-refractivity contribution in [2.45, 2.75) is 39.3 Å². The molecule has 0 aromatic heterocycles. The van der Waals surface area contributed by atoms with Gasteiger partial charge in [0.25, 0.3) is 0 Å². The number of carbonyl (C=O) groups excluding carboxylic acids is 2. The Kier molecular flexibility index (Phi) is 6.71. The fourth-order valence-corrected chi connectivity index (χ4v) is 3.09. The zero-order valence-corrected chi connectivity index (χ0v) is 16.1. The average Bonchev–Trinajstić information content (AvgIpc) is 2.65. The normalized spacial score (nSPS) is 16.8. The maximum atomic E-state index is 13.0. The minimum absolute atomic E-state index is 0.00621. The van der Waals surface area contributed by atoms with E-state index in [4.69, 9.17) is 14.2 Å². The van der Waals surface area contributed by atoms with Crippen LogP contribution in [0.25, 0.3) is 0 Å². The van der Waals surface area contributed by atoms with Gasteiger partial charge in [-0.05, 0) is 26.3 Å². The maximum Gasteiger partial charge on any atom is 0.228 e. The summed E-state index contributed by atoms with van der Waals surface area (Å²) in [7, 11) is 4.73. The van der Waals surface area contributed by atoms with Gasteiger partial charge in [0.2, 0.25) is 11.8 Å². The summed E-state index contributed by atoms with van der Waals surface area (Å²) in [6.45, 7) is 4.74. The Balaban J connectivity index is 2.26. The second-order valence-corrected chi connectivity index (χ2v) is 6.62. The van der Waals surface area contributed by atoms with Gasteiger partial charge in [0.05, 0.1) is 27.2 Å². The number of hydrogen-bond acceptors (Lipinski definition) is 5. The molecule has 144 valence electrons. The van der Waals surface area contributed by atoms with Crippen LogP contribution in [0.5, 0.6) is 17.2 Å². The number of carbonyl (C=O) groups is 2. The molecule has 1 N–H and O–H groups in total. The Bertz CT molecular complexity index is 650. The fourth-order valence-electron chi connectivity index (χ4n) is 3.09. The smallest absolute Gasteiger partial charge is 0.228 e. The third-order valence-corrected chi connectivity index (χ3v) is 4.65. The number of piperidine rings is 1. The number of hydrogen-bond donors (Lipinski definition) is 1. The van der Waals surface area contributed by atoms with Crippen molar-refractivity contribution in [1.82, 2.24) is 10.2 Å². The molecule has 0 saturated carbocycles. The second-order valence-electron chi connectivity index (χ2n) is 6.62. The van der Waals surface area contributed by atoms with Gasteiger partial charge in [-0.3, -0.25) is 9.59 Å². The standard InChI is InChI=1S/C19H28N2O5/c1-12(2)21(19(23)13-6-7-18(22)20-10-13)11-14-8-16(25-4)17(26-5)9-15(14)24-3/h8-9,12-13H,6-7,10-11H2,1-5H3,(H,20,22). The van der Waals surface area contributed by atoms with Crippen LogP contribution < -0.4 is 19.5 Å². The van der Waals surface area contributed by atoms with Crippen LogP contribution in [0.4, 0.5) is 0 Å². The lowest BCUT2D eigenvalue weighted by atomic mass is 9.96. The molecule has 0 aliphatic carbocycles. The van der Waals surface area contributed by atoms with Gasteiger partial charge < -0.3 is 24.4 Å². The molecule has 1 fully saturated rings. The summed E-state index contributed by atoms with van der Waals surface area (Å²) in [6.07, 6.45) is 0.971. The maximum absolute atomic E-state index is 13.0. The second kappa shape index (κ2) is 8.78.